The molecule has 0 spiro atoms. The minimum atomic E-state index is -4.42. The Bertz CT molecular complexity index is 582. The van der Waals surface area contributed by atoms with Crippen LogP contribution in [-0.2, 0) is 12.6 Å². The van der Waals surface area contributed by atoms with E-state index in [0.29, 0.717) is 16.9 Å². The molecule has 1 unspecified atom stereocenters. The van der Waals surface area contributed by atoms with Crippen LogP contribution in [0.5, 0.6) is 0 Å². The van der Waals surface area contributed by atoms with Crippen LogP contribution in [0.25, 0.3) is 11.0 Å². The van der Waals surface area contributed by atoms with Gasteiger partial charge in [0.25, 0.3) is 0 Å². The molecule has 102 valence electrons. The molecular weight excluding hydrogens is 255 g/mol. The fourth-order valence-corrected chi connectivity index (χ4v) is 2.58. The molecule has 1 saturated heterocycles. The Morgan fingerprint density at radius 1 is 1.26 bits per heavy atom. The van der Waals surface area contributed by atoms with Crippen LogP contribution in [0.2, 0.25) is 0 Å². The Morgan fingerprint density at radius 2 is 2.11 bits per heavy atom. The second kappa shape index (κ2) is 4.56. The van der Waals surface area contributed by atoms with Gasteiger partial charge in [0.2, 0.25) is 5.76 Å². The largest absolute Gasteiger partial charge is 0.452 e. The van der Waals surface area contributed by atoms with Crippen molar-refractivity contribution in [3.63, 3.8) is 0 Å². The highest BCUT2D eigenvalue weighted by atomic mass is 19.4. The summed E-state index contributed by atoms with van der Waals surface area (Å²) in [5.41, 5.74) is 1.36. The van der Waals surface area contributed by atoms with Crippen molar-refractivity contribution >= 4 is 11.0 Å². The molecular formula is C14H14F3NO. The van der Waals surface area contributed by atoms with Crippen molar-refractivity contribution in [2.75, 3.05) is 13.1 Å². The molecule has 1 aliphatic rings. The Hall–Kier alpha value is -1.49. The van der Waals surface area contributed by atoms with Crippen LogP contribution in [0.15, 0.2) is 28.7 Å². The summed E-state index contributed by atoms with van der Waals surface area (Å²) in [5.74, 6) is -0.353. The fourth-order valence-electron chi connectivity index (χ4n) is 2.58. The molecule has 1 aromatic heterocycles. The second-order valence-corrected chi connectivity index (χ2v) is 5.04. The summed E-state index contributed by atoms with van der Waals surface area (Å²) < 4.78 is 42.5. The number of hydrogen-bond donors (Lipinski definition) is 1. The maximum atomic E-state index is 12.6. The maximum absolute atomic E-state index is 12.6. The predicted octanol–water partition coefficient (Wildman–Crippen LogP) is 3.60. The van der Waals surface area contributed by atoms with E-state index in [9.17, 15) is 13.2 Å². The lowest BCUT2D eigenvalue weighted by atomic mass is 9.98. The van der Waals surface area contributed by atoms with Gasteiger partial charge in [-0.1, -0.05) is 6.07 Å². The minimum absolute atomic E-state index is 0.292. The van der Waals surface area contributed by atoms with Crippen LogP contribution in [-0.4, -0.2) is 13.1 Å². The molecule has 1 aromatic carbocycles. The zero-order valence-electron chi connectivity index (χ0n) is 10.3. The molecule has 2 heterocycles. The Kier molecular flexibility index (Phi) is 3.01. The summed E-state index contributed by atoms with van der Waals surface area (Å²) in [6.07, 6.45) is -2.40. The molecule has 3 rings (SSSR count). The summed E-state index contributed by atoms with van der Waals surface area (Å²) >= 11 is 0. The summed E-state index contributed by atoms with van der Waals surface area (Å²) in [4.78, 5) is 0. The van der Waals surface area contributed by atoms with E-state index in [1.165, 1.54) is 0 Å². The highest BCUT2D eigenvalue weighted by Crippen LogP contribution is 2.34. The summed E-state index contributed by atoms with van der Waals surface area (Å²) in [6.45, 7) is 2.01. The first-order valence-electron chi connectivity index (χ1n) is 6.33. The first kappa shape index (κ1) is 12.5. The number of rotatable bonds is 2. The first-order valence-corrected chi connectivity index (χ1v) is 6.33. The molecule has 1 aliphatic heterocycles. The lowest BCUT2D eigenvalue weighted by Gasteiger charge is -2.07. The Labute approximate surface area is 108 Å². The number of fused-ring (bicyclic) bond motifs is 1. The predicted molar refractivity (Wildman–Crippen MR) is 65.9 cm³/mol. The van der Waals surface area contributed by atoms with E-state index in [4.69, 9.17) is 4.42 Å². The van der Waals surface area contributed by atoms with Crippen molar-refractivity contribution < 1.29 is 17.6 Å². The lowest BCUT2D eigenvalue weighted by molar-refractivity contribution is -0.152. The van der Waals surface area contributed by atoms with Crippen molar-refractivity contribution in [2.45, 2.75) is 19.0 Å². The number of alkyl halides is 3. The van der Waals surface area contributed by atoms with E-state index < -0.39 is 11.9 Å². The van der Waals surface area contributed by atoms with Crippen molar-refractivity contribution in [1.82, 2.24) is 5.32 Å². The smallest absolute Gasteiger partial charge is 0.449 e. The van der Waals surface area contributed by atoms with Gasteiger partial charge in [-0.3, -0.25) is 0 Å². The molecule has 1 N–H and O–H groups in total. The first-order chi connectivity index (χ1) is 9.02. The fraction of sp³-hybridized carbons (Fsp3) is 0.429. The van der Waals surface area contributed by atoms with E-state index in [2.05, 4.69) is 5.32 Å². The molecule has 0 radical (unpaired) electrons. The third-order valence-corrected chi connectivity index (χ3v) is 3.55. The summed E-state index contributed by atoms with van der Waals surface area (Å²) in [6, 6.07) is 6.35. The lowest BCUT2D eigenvalue weighted by Crippen LogP contribution is -2.10. The number of furan rings is 1. The van der Waals surface area contributed by atoms with Crippen LogP contribution in [0.3, 0.4) is 0 Å². The van der Waals surface area contributed by atoms with Gasteiger partial charge >= 0.3 is 6.18 Å². The highest BCUT2D eigenvalue weighted by Gasteiger charge is 2.35. The Balaban J connectivity index is 1.87. The monoisotopic (exact) mass is 269 g/mol. The van der Waals surface area contributed by atoms with E-state index >= 15 is 0 Å². The van der Waals surface area contributed by atoms with Crippen LogP contribution in [0.4, 0.5) is 13.2 Å². The van der Waals surface area contributed by atoms with Crippen molar-refractivity contribution in [1.29, 1.82) is 0 Å². The average Bonchev–Trinajstić information content (AvgIpc) is 2.95. The second-order valence-electron chi connectivity index (χ2n) is 5.04. The van der Waals surface area contributed by atoms with Gasteiger partial charge in [0.1, 0.15) is 5.58 Å². The van der Waals surface area contributed by atoms with E-state index in [-0.39, 0.29) is 0 Å². The van der Waals surface area contributed by atoms with E-state index in [1.807, 2.05) is 6.07 Å². The quantitative estimate of drug-likeness (QED) is 0.901. The molecule has 0 amide bonds. The van der Waals surface area contributed by atoms with Gasteiger partial charge in [0, 0.05) is 5.39 Å². The average molecular weight is 269 g/mol. The van der Waals surface area contributed by atoms with Gasteiger partial charge in [-0.05, 0) is 55.6 Å². The Morgan fingerprint density at radius 3 is 2.79 bits per heavy atom. The molecule has 0 bridgehead atoms. The molecule has 1 fully saturated rings. The van der Waals surface area contributed by atoms with Crippen molar-refractivity contribution in [3.05, 3.63) is 35.6 Å². The van der Waals surface area contributed by atoms with Crippen LogP contribution in [0, 0.1) is 5.92 Å². The summed E-state index contributed by atoms with van der Waals surface area (Å²) in [7, 11) is 0. The van der Waals surface area contributed by atoms with Crippen molar-refractivity contribution in [3.8, 4) is 0 Å². The van der Waals surface area contributed by atoms with E-state index in [0.717, 1.165) is 37.6 Å². The highest BCUT2D eigenvalue weighted by molar-refractivity contribution is 5.78. The standard InChI is InChI=1S/C14H14F3NO/c15-14(16,17)13-7-11-6-9(1-2-12(11)19-13)5-10-3-4-18-8-10/h1-2,6-7,10,18H,3-5,8H2. The van der Waals surface area contributed by atoms with Gasteiger partial charge in [-0.25, -0.2) is 0 Å². The molecule has 19 heavy (non-hydrogen) atoms. The van der Waals surface area contributed by atoms with Gasteiger partial charge in [0.05, 0.1) is 0 Å². The topological polar surface area (TPSA) is 25.2 Å². The zero-order chi connectivity index (χ0) is 13.5. The molecule has 2 aromatic rings. The number of hydrogen-bond acceptors (Lipinski definition) is 2. The molecule has 5 heteroatoms. The van der Waals surface area contributed by atoms with Gasteiger partial charge in [0.15, 0.2) is 0 Å². The molecule has 2 nitrogen and oxygen atoms in total. The number of benzene rings is 1. The third kappa shape index (κ3) is 2.61. The minimum Gasteiger partial charge on any atom is -0.452 e. The van der Waals surface area contributed by atoms with Gasteiger partial charge in [-0.15, -0.1) is 0 Å². The SMILES string of the molecule is FC(F)(F)c1cc2cc(CC3CCNC3)ccc2o1. The molecule has 0 aliphatic carbocycles. The van der Waals surface area contributed by atoms with Crippen LogP contribution in [0.1, 0.15) is 17.7 Å². The van der Waals surface area contributed by atoms with Crippen LogP contribution >= 0.6 is 0 Å². The molecule has 0 saturated carbocycles. The summed E-state index contributed by atoms with van der Waals surface area (Å²) in [5, 5.41) is 3.81. The zero-order valence-corrected chi connectivity index (χ0v) is 10.3. The maximum Gasteiger partial charge on any atom is 0.449 e. The van der Waals surface area contributed by atoms with Crippen LogP contribution < -0.4 is 5.32 Å². The van der Waals surface area contributed by atoms with E-state index in [1.54, 1.807) is 12.1 Å². The number of nitrogens with one attached hydrogen (secondary N) is 1. The van der Waals surface area contributed by atoms with Crippen molar-refractivity contribution in [2.24, 2.45) is 5.92 Å². The molecule has 1 atom stereocenters. The van der Waals surface area contributed by atoms with Gasteiger partial charge in [-0.2, -0.15) is 13.2 Å². The normalized spacial score (nSPS) is 20.3. The van der Waals surface area contributed by atoms with Gasteiger partial charge < -0.3 is 9.73 Å². The number of halogens is 3. The third-order valence-electron chi connectivity index (χ3n) is 3.55.